The molecule has 24 heavy (non-hydrogen) atoms. The van der Waals surface area contributed by atoms with Crippen molar-refractivity contribution in [2.24, 2.45) is 0 Å². The van der Waals surface area contributed by atoms with Crippen LogP contribution in [0.1, 0.15) is 37.8 Å². The Hall–Kier alpha value is -2.29. The number of carbonyl (C=O) groups is 1. The number of hydrogen-bond donors (Lipinski definition) is 1. The van der Waals surface area contributed by atoms with Gasteiger partial charge in [-0.25, -0.2) is 0 Å². The van der Waals surface area contributed by atoms with Gasteiger partial charge in [0.05, 0.1) is 5.41 Å². The summed E-state index contributed by atoms with van der Waals surface area (Å²) in [5.41, 5.74) is 4.03. The molecule has 0 aromatic heterocycles. The average Bonchev–Trinajstić information content (AvgIpc) is 3.41. The molecule has 1 N–H and O–H groups in total. The number of nitrogens with one attached hydrogen (secondary N) is 1. The van der Waals surface area contributed by atoms with E-state index in [9.17, 15) is 4.79 Å². The lowest BCUT2D eigenvalue weighted by Crippen LogP contribution is -2.28. The Bertz CT molecular complexity index is 716. The summed E-state index contributed by atoms with van der Waals surface area (Å²) in [5, 5.41) is 3.16. The molecule has 0 spiro atoms. The van der Waals surface area contributed by atoms with E-state index in [1.807, 2.05) is 24.3 Å². The second-order valence-corrected chi connectivity index (χ2v) is 6.57. The van der Waals surface area contributed by atoms with Gasteiger partial charge < -0.3 is 10.2 Å². The molecule has 2 aromatic rings. The van der Waals surface area contributed by atoms with E-state index in [2.05, 4.69) is 55.3 Å². The van der Waals surface area contributed by atoms with Gasteiger partial charge >= 0.3 is 0 Å². The first-order chi connectivity index (χ1) is 11.6. The molecule has 0 bridgehead atoms. The molecular weight excluding hydrogens is 296 g/mol. The Morgan fingerprint density at radius 2 is 1.75 bits per heavy atom. The molecule has 2 aromatic carbocycles. The minimum Gasteiger partial charge on any atom is -0.372 e. The van der Waals surface area contributed by atoms with Crippen LogP contribution in [0.4, 0.5) is 11.4 Å². The SMILES string of the molecule is CCN(CC)c1ccc(NC(=O)C2(c3ccccc3)CC2)c(C)c1. The number of nitrogens with zero attached hydrogens (tertiary/aromatic N) is 1. The second-order valence-electron chi connectivity index (χ2n) is 6.57. The van der Waals surface area contributed by atoms with Crippen molar-refractivity contribution in [2.45, 2.75) is 39.0 Å². The maximum Gasteiger partial charge on any atom is 0.235 e. The normalized spacial score (nSPS) is 15.0. The third-order valence-electron chi connectivity index (χ3n) is 5.10. The molecule has 0 atom stereocenters. The van der Waals surface area contributed by atoms with E-state index >= 15 is 0 Å². The molecule has 3 heteroatoms. The van der Waals surface area contributed by atoms with Crippen molar-refractivity contribution >= 4 is 17.3 Å². The van der Waals surface area contributed by atoms with E-state index in [0.717, 1.165) is 42.7 Å². The van der Waals surface area contributed by atoms with E-state index in [1.165, 1.54) is 5.69 Å². The van der Waals surface area contributed by atoms with Crippen molar-refractivity contribution in [1.29, 1.82) is 0 Å². The third kappa shape index (κ3) is 3.03. The van der Waals surface area contributed by atoms with Crippen molar-refractivity contribution in [3.05, 3.63) is 59.7 Å². The average molecular weight is 322 g/mol. The van der Waals surface area contributed by atoms with Crippen molar-refractivity contribution in [3.8, 4) is 0 Å². The molecule has 0 saturated heterocycles. The van der Waals surface area contributed by atoms with Gasteiger partial charge in [0.25, 0.3) is 0 Å². The van der Waals surface area contributed by atoms with Crippen LogP contribution in [0.2, 0.25) is 0 Å². The zero-order chi connectivity index (χ0) is 17.2. The minimum absolute atomic E-state index is 0.118. The predicted octanol–water partition coefficient (Wildman–Crippen LogP) is 4.51. The summed E-state index contributed by atoms with van der Waals surface area (Å²) in [6.45, 7) is 8.35. The number of amides is 1. The van der Waals surface area contributed by atoms with Crippen LogP contribution in [0.3, 0.4) is 0 Å². The summed E-state index contributed by atoms with van der Waals surface area (Å²) in [4.78, 5) is 15.2. The Labute approximate surface area is 144 Å². The Kier molecular flexibility index (Phi) is 4.61. The highest BCUT2D eigenvalue weighted by Gasteiger charge is 2.51. The molecule has 0 heterocycles. The van der Waals surface area contributed by atoms with Gasteiger partial charge in [0.2, 0.25) is 5.91 Å². The second kappa shape index (κ2) is 6.68. The molecule has 1 fully saturated rings. The molecule has 0 unspecified atom stereocenters. The van der Waals surface area contributed by atoms with Crippen LogP contribution in [0.5, 0.6) is 0 Å². The molecule has 3 rings (SSSR count). The zero-order valence-corrected chi connectivity index (χ0v) is 14.8. The van der Waals surface area contributed by atoms with Crippen LogP contribution in [-0.4, -0.2) is 19.0 Å². The third-order valence-corrected chi connectivity index (χ3v) is 5.10. The van der Waals surface area contributed by atoms with Gasteiger partial charge in [-0.2, -0.15) is 0 Å². The van der Waals surface area contributed by atoms with Gasteiger partial charge in [-0.1, -0.05) is 30.3 Å². The summed E-state index contributed by atoms with van der Waals surface area (Å²) in [6.07, 6.45) is 1.86. The van der Waals surface area contributed by atoms with Crippen LogP contribution >= 0.6 is 0 Å². The molecule has 1 saturated carbocycles. The van der Waals surface area contributed by atoms with Crippen molar-refractivity contribution in [1.82, 2.24) is 0 Å². The summed E-state index contributed by atoms with van der Waals surface area (Å²) >= 11 is 0. The number of hydrogen-bond acceptors (Lipinski definition) is 2. The van der Waals surface area contributed by atoms with Crippen molar-refractivity contribution in [2.75, 3.05) is 23.3 Å². The maximum atomic E-state index is 12.9. The first-order valence-corrected chi connectivity index (χ1v) is 8.83. The van der Waals surface area contributed by atoms with Gasteiger partial charge in [-0.05, 0) is 62.9 Å². The molecular formula is C21H26N2O. The molecule has 126 valence electrons. The molecule has 1 amide bonds. The molecule has 3 nitrogen and oxygen atoms in total. The number of carbonyl (C=O) groups excluding carboxylic acids is 1. The lowest BCUT2D eigenvalue weighted by atomic mass is 9.95. The first kappa shape index (κ1) is 16.6. The van der Waals surface area contributed by atoms with E-state index in [4.69, 9.17) is 0 Å². The van der Waals surface area contributed by atoms with Gasteiger partial charge in [0.15, 0.2) is 0 Å². The van der Waals surface area contributed by atoms with Crippen LogP contribution in [-0.2, 0) is 10.2 Å². The fourth-order valence-electron chi connectivity index (χ4n) is 3.34. The Morgan fingerprint density at radius 1 is 1.08 bits per heavy atom. The first-order valence-electron chi connectivity index (χ1n) is 8.83. The number of anilines is 2. The van der Waals surface area contributed by atoms with Crippen LogP contribution in [0, 0.1) is 6.92 Å². The van der Waals surface area contributed by atoms with Crippen molar-refractivity contribution < 1.29 is 4.79 Å². The number of benzene rings is 2. The zero-order valence-electron chi connectivity index (χ0n) is 14.8. The van der Waals surface area contributed by atoms with Crippen LogP contribution in [0.25, 0.3) is 0 Å². The highest BCUT2D eigenvalue weighted by molar-refractivity contribution is 6.02. The summed E-state index contributed by atoms with van der Waals surface area (Å²) in [7, 11) is 0. The van der Waals surface area contributed by atoms with Gasteiger partial charge in [-0.15, -0.1) is 0 Å². The van der Waals surface area contributed by atoms with Gasteiger partial charge in [0.1, 0.15) is 0 Å². The maximum absolute atomic E-state index is 12.9. The molecule has 1 aliphatic rings. The smallest absolute Gasteiger partial charge is 0.235 e. The van der Waals surface area contributed by atoms with E-state index in [0.29, 0.717) is 0 Å². The molecule has 0 aliphatic heterocycles. The monoisotopic (exact) mass is 322 g/mol. The number of rotatable bonds is 6. The summed E-state index contributed by atoms with van der Waals surface area (Å²) < 4.78 is 0. The highest BCUT2D eigenvalue weighted by atomic mass is 16.2. The summed E-state index contributed by atoms with van der Waals surface area (Å²) in [5.74, 6) is 0.118. The van der Waals surface area contributed by atoms with E-state index < -0.39 is 0 Å². The quantitative estimate of drug-likeness (QED) is 0.848. The van der Waals surface area contributed by atoms with Gasteiger partial charge in [0, 0.05) is 24.5 Å². The standard InChI is InChI=1S/C21H26N2O/c1-4-23(5-2)18-11-12-19(16(3)15-18)22-20(24)21(13-14-21)17-9-7-6-8-10-17/h6-12,15H,4-5,13-14H2,1-3H3,(H,22,24). The molecule has 1 aliphatic carbocycles. The van der Waals surface area contributed by atoms with Crippen molar-refractivity contribution in [3.63, 3.8) is 0 Å². The lowest BCUT2D eigenvalue weighted by Gasteiger charge is -2.23. The summed E-state index contributed by atoms with van der Waals surface area (Å²) in [6, 6.07) is 16.4. The fraction of sp³-hybridized carbons (Fsp3) is 0.381. The molecule has 0 radical (unpaired) electrons. The lowest BCUT2D eigenvalue weighted by molar-refractivity contribution is -0.118. The minimum atomic E-state index is -0.328. The van der Waals surface area contributed by atoms with E-state index in [1.54, 1.807) is 0 Å². The Balaban J connectivity index is 1.78. The predicted molar refractivity (Wildman–Crippen MR) is 101 cm³/mol. The fourth-order valence-corrected chi connectivity index (χ4v) is 3.34. The van der Waals surface area contributed by atoms with E-state index in [-0.39, 0.29) is 11.3 Å². The van der Waals surface area contributed by atoms with Crippen LogP contribution in [0.15, 0.2) is 48.5 Å². The topological polar surface area (TPSA) is 32.3 Å². The Morgan fingerprint density at radius 3 is 2.29 bits per heavy atom. The van der Waals surface area contributed by atoms with Crippen LogP contribution < -0.4 is 10.2 Å². The number of aryl methyl sites for hydroxylation is 1. The largest absolute Gasteiger partial charge is 0.372 e. The highest BCUT2D eigenvalue weighted by Crippen LogP contribution is 2.49. The van der Waals surface area contributed by atoms with Gasteiger partial charge in [-0.3, -0.25) is 4.79 Å².